The number of amides is 2. The van der Waals surface area contributed by atoms with Crippen LogP contribution in [0.25, 0.3) is 11.0 Å². The van der Waals surface area contributed by atoms with Crippen LogP contribution in [0.1, 0.15) is 46.0 Å². The van der Waals surface area contributed by atoms with E-state index in [9.17, 15) is 19.7 Å². The number of nitro groups is 1. The number of likely N-dealkylation sites (tertiary alicyclic amines) is 2. The van der Waals surface area contributed by atoms with Crippen molar-refractivity contribution in [3.63, 3.8) is 0 Å². The number of para-hydroxylation sites is 1. The zero-order chi connectivity index (χ0) is 24.9. The molecule has 2 saturated heterocycles. The molecule has 2 fully saturated rings. The van der Waals surface area contributed by atoms with Crippen LogP contribution in [-0.2, 0) is 7.05 Å². The van der Waals surface area contributed by atoms with Crippen molar-refractivity contribution < 1.29 is 23.7 Å². The highest BCUT2D eigenvalue weighted by molar-refractivity contribution is 5.98. The molecule has 0 atom stereocenters. The van der Waals surface area contributed by atoms with Gasteiger partial charge in [0, 0.05) is 38.6 Å². The Bertz CT molecular complexity index is 1330. The molecule has 0 unspecified atom stereocenters. The standard InChI is InChI=1S/C24H27N5O6/c1-15-19(29(32)33)20(26(2)25-15)23(31)28-12-9-24(14-28)7-10-27(11-8-24)22(30)18-13-16-5-4-6-17(34-3)21(16)35-18/h4-6,13H,7-12,14H2,1-3H3. The van der Waals surface area contributed by atoms with Gasteiger partial charge in [-0.15, -0.1) is 0 Å². The average molecular weight is 482 g/mol. The third-order valence-corrected chi connectivity index (χ3v) is 7.35. The Balaban J connectivity index is 1.27. The summed E-state index contributed by atoms with van der Waals surface area (Å²) < 4.78 is 12.5. The molecule has 11 nitrogen and oxygen atoms in total. The number of fused-ring (bicyclic) bond motifs is 1. The van der Waals surface area contributed by atoms with Gasteiger partial charge in [0.25, 0.3) is 11.8 Å². The zero-order valence-corrected chi connectivity index (χ0v) is 19.9. The highest BCUT2D eigenvalue weighted by Crippen LogP contribution is 2.42. The number of hydrogen-bond donors (Lipinski definition) is 0. The summed E-state index contributed by atoms with van der Waals surface area (Å²) in [5.74, 6) is 0.331. The van der Waals surface area contributed by atoms with Gasteiger partial charge in [0.2, 0.25) is 5.69 Å². The molecule has 0 aliphatic carbocycles. The molecule has 2 aliphatic heterocycles. The van der Waals surface area contributed by atoms with Gasteiger partial charge in [-0.3, -0.25) is 24.4 Å². The summed E-state index contributed by atoms with van der Waals surface area (Å²) in [5.41, 5.74) is 0.450. The quantitative estimate of drug-likeness (QED) is 0.414. The normalized spacial score (nSPS) is 17.3. The van der Waals surface area contributed by atoms with E-state index in [1.807, 2.05) is 12.1 Å². The molecule has 184 valence electrons. The molecule has 3 aromatic rings. The smallest absolute Gasteiger partial charge is 0.322 e. The van der Waals surface area contributed by atoms with E-state index in [0.717, 1.165) is 24.6 Å². The molecular weight excluding hydrogens is 454 g/mol. The Kier molecular flexibility index (Phi) is 5.49. The lowest BCUT2D eigenvalue weighted by Gasteiger charge is -2.38. The van der Waals surface area contributed by atoms with Gasteiger partial charge in [-0.1, -0.05) is 12.1 Å². The number of nitrogens with zero attached hydrogens (tertiary/aromatic N) is 5. The molecular formula is C24H27N5O6. The SMILES string of the molecule is COc1cccc2cc(C(=O)N3CCC4(CC3)CCN(C(=O)c3c([N+](=O)[O-])c(C)nn3C)C4)oc12. The van der Waals surface area contributed by atoms with Crippen molar-refractivity contribution in [2.75, 3.05) is 33.3 Å². The third kappa shape index (κ3) is 3.80. The molecule has 0 bridgehead atoms. The first-order chi connectivity index (χ1) is 16.7. The van der Waals surface area contributed by atoms with E-state index in [2.05, 4.69) is 5.10 Å². The fraction of sp³-hybridized carbons (Fsp3) is 0.458. The first-order valence-corrected chi connectivity index (χ1v) is 11.6. The minimum atomic E-state index is -0.543. The number of aryl methyl sites for hydroxylation is 2. The number of rotatable bonds is 4. The molecule has 2 amide bonds. The van der Waals surface area contributed by atoms with Gasteiger partial charge in [-0.2, -0.15) is 5.10 Å². The second kappa shape index (κ2) is 8.40. The fourth-order valence-electron chi connectivity index (χ4n) is 5.41. The second-order valence-corrected chi connectivity index (χ2v) is 9.42. The number of methoxy groups -OCH3 is 1. The van der Waals surface area contributed by atoms with Gasteiger partial charge >= 0.3 is 5.69 Å². The fourth-order valence-corrected chi connectivity index (χ4v) is 5.41. The third-order valence-electron chi connectivity index (χ3n) is 7.35. The summed E-state index contributed by atoms with van der Waals surface area (Å²) in [4.78, 5) is 40.8. The van der Waals surface area contributed by atoms with E-state index in [1.54, 1.807) is 36.1 Å². The molecule has 11 heteroatoms. The number of furan rings is 1. The summed E-state index contributed by atoms with van der Waals surface area (Å²) in [6.07, 6.45) is 2.30. The van der Waals surface area contributed by atoms with Crippen molar-refractivity contribution >= 4 is 28.5 Å². The van der Waals surface area contributed by atoms with E-state index in [1.165, 1.54) is 11.6 Å². The zero-order valence-electron chi connectivity index (χ0n) is 19.9. The van der Waals surface area contributed by atoms with Crippen molar-refractivity contribution in [1.82, 2.24) is 19.6 Å². The predicted molar refractivity (Wildman–Crippen MR) is 125 cm³/mol. The van der Waals surface area contributed by atoms with Crippen molar-refractivity contribution in [2.45, 2.75) is 26.2 Å². The second-order valence-electron chi connectivity index (χ2n) is 9.42. The topological polar surface area (TPSA) is 124 Å². The predicted octanol–water partition coefficient (Wildman–Crippen LogP) is 3.16. The number of carbonyl (C=O) groups is 2. The lowest BCUT2D eigenvalue weighted by Crippen LogP contribution is -2.44. The molecule has 2 aromatic heterocycles. The Hall–Kier alpha value is -3.89. The van der Waals surface area contributed by atoms with Gasteiger partial charge in [0.15, 0.2) is 17.1 Å². The lowest BCUT2D eigenvalue weighted by atomic mass is 9.77. The van der Waals surface area contributed by atoms with Crippen LogP contribution in [0.15, 0.2) is 28.7 Å². The van der Waals surface area contributed by atoms with Crippen molar-refractivity contribution in [3.8, 4) is 5.75 Å². The lowest BCUT2D eigenvalue weighted by molar-refractivity contribution is -0.385. The number of aromatic nitrogens is 2. The van der Waals surface area contributed by atoms with Crippen molar-refractivity contribution in [2.24, 2.45) is 12.5 Å². The summed E-state index contributed by atoms with van der Waals surface area (Å²) in [7, 11) is 3.11. The van der Waals surface area contributed by atoms with Crippen LogP contribution in [0.2, 0.25) is 0 Å². The largest absolute Gasteiger partial charge is 0.493 e. The van der Waals surface area contributed by atoms with Crippen LogP contribution < -0.4 is 4.74 Å². The minimum absolute atomic E-state index is 0.0116. The maximum atomic E-state index is 13.2. The Morgan fingerprint density at radius 1 is 1.14 bits per heavy atom. The van der Waals surface area contributed by atoms with Crippen LogP contribution in [0.3, 0.4) is 0 Å². The van der Waals surface area contributed by atoms with Gasteiger partial charge in [-0.05, 0) is 43.7 Å². The number of hydrogen-bond acceptors (Lipinski definition) is 7. The first kappa shape index (κ1) is 22.9. The summed E-state index contributed by atoms with van der Waals surface area (Å²) in [6.45, 7) is 3.68. The average Bonchev–Trinajstić information content (AvgIpc) is 3.53. The maximum Gasteiger partial charge on any atom is 0.322 e. The Morgan fingerprint density at radius 3 is 2.49 bits per heavy atom. The van der Waals surface area contributed by atoms with Gasteiger partial charge in [-0.25, -0.2) is 0 Å². The maximum absolute atomic E-state index is 13.2. The van der Waals surface area contributed by atoms with Gasteiger partial charge in [0.05, 0.1) is 12.0 Å². The number of carbonyl (C=O) groups excluding carboxylic acids is 2. The van der Waals surface area contributed by atoms with Gasteiger partial charge < -0.3 is 19.0 Å². The number of piperidine rings is 1. The van der Waals surface area contributed by atoms with Crippen molar-refractivity contribution in [3.05, 3.63) is 51.5 Å². The molecule has 0 radical (unpaired) electrons. The van der Waals surface area contributed by atoms with E-state index in [-0.39, 0.29) is 40.1 Å². The van der Waals surface area contributed by atoms with E-state index in [0.29, 0.717) is 37.5 Å². The van der Waals surface area contributed by atoms with Crippen LogP contribution in [0, 0.1) is 22.5 Å². The molecule has 4 heterocycles. The molecule has 5 rings (SSSR count). The van der Waals surface area contributed by atoms with E-state index >= 15 is 0 Å². The Labute approximate surface area is 201 Å². The summed E-state index contributed by atoms with van der Waals surface area (Å²) >= 11 is 0. The molecule has 35 heavy (non-hydrogen) atoms. The molecule has 2 aliphatic rings. The van der Waals surface area contributed by atoms with E-state index < -0.39 is 4.92 Å². The van der Waals surface area contributed by atoms with Gasteiger partial charge in [0.1, 0.15) is 5.69 Å². The Morgan fingerprint density at radius 2 is 1.83 bits per heavy atom. The summed E-state index contributed by atoms with van der Waals surface area (Å²) in [5, 5.41) is 16.4. The highest BCUT2D eigenvalue weighted by Gasteiger charge is 2.45. The monoisotopic (exact) mass is 481 g/mol. The van der Waals surface area contributed by atoms with Crippen LogP contribution in [-0.4, -0.2) is 69.6 Å². The van der Waals surface area contributed by atoms with Crippen LogP contribution in [0.5, 0.6) is 5.75 Å². The molecule has 0 saturated carbocycles. The van der Waals surface area contributed by atoms with Crippen LogP contribution in [0.4, 0.5) is 5.69 Å². The number of ether oxygens (including phenoxy) is 1. The first-order valence-electron chi connectivity index (χ1n) is 11.6. The van der Waals surface area contributed by atoms with Crippen LogP contribution >= 0.6 is 0 Å². The molecule has 1 aromatic carbocycles. The van der Waals surface area contributed by atoms with E-state index in [4.69, 9.17) is 9.15 Å². The summed E-state index contributed by atoms with van der Waals surface area (Å²) in [6, 6.07) is 7.26. The molecule has 0 N–H and O–H groups in total. The highest BCUT2D eigenvalue weighted by atomic mass is 16.6. The minimum Gasteiger partial charge on any atom is -0.493 e. The number of benzene rings is 1. The van der Waals surface area contributed by atoms with Crippen molar-refractivity contribution in [1.29, 1.82) is 0 Å². The molecule has 1 spiro atoms.